The van der Waals surface area contributed by atoms with Crippen LogP contribution in [0.1, 0.15) is 29.2 Å². The van der Waals surface area contributed by atoms with Crippen molar-refractivity contribution in [3.63, 3.8) is 0 Å². The highest BCUT2D eigenvalue weighted by Gasteiger charge is 2.34. The van der Waals surface area contributed by atoms with Crippen molar-refractivity contribution in [3.8, 4) is 5.75 Å². The van der Waals surface area contributed by atoms with Gasteiger partial charge in [-0.2, -0.15) is 13.2 Å². The minimum Gasteiger partial charge on any atom is -0.506 e. The maximum absolute atomic E-state index is 14.6. The Morgan fingerprint density at radius 3 is 2.51 bits per heavy atom. The number of alkyl halides is 3. The molecule has 5 nitrogen and oxygen atoms in total. The fourth-order valence-electron chi connectivity index (χ4n) is 5.10. The van der Waals surface area contributed by atoms with E-state index < -0.39 is 17.4 Å². The van der Waals surface area contributed by atoms with E-state index in [0.29, 0.717) is 30.7 Å². The Morgan fingerprint density at radius 2 is 1.77 bits per heavy atom. The molecule has 1 N–H and O–H groups in total. The zero-order chi connectivity index (χ0) is 24.9. The largest absolute Gasteiger partial charge is 0.506 e. The number of hydrogen-bond donors (Lipinski definition) is 1. The van der Waals surface area contributed by atoms with Gasteiger partial charge in [-0.25, -0.2) is 9.18 Å². The number of rotatable bonds is 4. The second-order valence-corrected chi connectivity index (χ2v) is 8.83. The highest BCUT2D eigenvalue weighted by Crippen LogP contribution is 2.35. The lowest BCUT2D eigenvalue weighted by Crippen LogP contribution is -2.30. The molecule has 0 spiro atoms. The number of hydrogen-bond acceptors (Lipinski definition) is 3. The summed E-state index contributed by atoms with van der Waals surface area (Å²) in [7, 11) is 0. The van der Waals surface area contributed by atoms with Crippen LogP contribution in [0, 0.1) is 12.7 Å². The number of aryl methyl sites for hydroxylation is 1. The summed E-state index contributed by atoms with van der Waals surface area (Å²) >= 11 is 0. The highest BCUT2D eigenvalue weighted by molar-refractivity contribution is 5.82. The Morgan fingerprint density at radius 1 is 1.03 bits per heavy atom. The van der Waals surface area contributed by atoms with Gasteiger partial charge in [0.1, 0.15) is 17.1 Å². The van der Waals surface area contributed by atoms with Gasteiger partial charge in [-0.05, 0) is 48.7 Å². The molecular formula is C26H23F4N3O2. The van der Waals surface area contributed by atoms with Crippen molar-refractivity contribution < 1.29 is 22.7 Å². The van der Waals surface area contributed by atoms with Crippen LogP contribution in [0.15, 0.2) is 65.5 Å². The third-order valence-electron chi connectivity index (χ3n) is 6.64. The maximum Gasteiger partial charge on any atom is 0.416 e. The molecule has 0 aliphatic carbocycles. The lowest BCUT2D eigenvalue weighted by Gasteiger charge is -2.21. The Bertz CT molecular complexity index is 1450. The van der Waals surface area contributed by atoms with Crippen molar-refractivity contribution in [3.05, 3.63) is 93.7 Å². The quantitative estimate of drug-likeness (QED) is 0.390. The SMILES string of the molecule is Cc1cccc(F)c1N1CC[C@@H](n2c(=O)n(Cc3ccccc3C(F)(F)F)c3c(O)cccc32)C1. The minimum absolute atomic E-state index is 0.0700. The summed E-state index contributed by atoms with van der Waals surface area (Å²) in [5, 5.41) is 10.6. The highest BCUT2D eigenvalue weighted by atomic mass is 19.4. The Kier molecular flexibility index (Phi) is 5.57. The number of aromatic nitrogens is 2. The Balaban J connectivity index is 1.59. The lowest BCUT2D eigenvalue weighted by atomic mass is 10.1. The predicted octanol–water partition coefficient (Wildman–Crippen LogP) is 5.47. The molecule has 3 aromatic carbocycles. The molecule has 1 aliphatic heterocycles. The van der Waals surface area contributed by atoms with Gasteiger partial charge in [0.25, 0.3) is 0 Å². The van der Waals surface area contributed by atoms with Crippen LogP contribution < -0.4 is 10.6 Å². The van der Waals surface area contributed by atoms with Crippen molar-refractivity contribution in [2.75, 3.05) is 18.0 Å². The second kappa shape index (κ2) is 8.48. The van der Waals surface area contributed by atoms with E-state index in [1.54, 1.807) is 18.2 Å². The number of phenols is 1. The van der Waals surface area contributed by atoms with Gasteiger partial charge in [-0.15, -0.1) is 0 Å². The normalized spacial score (nSPS) is 16.4. The number of benzene rings is 3. The molecule has 2 heterocycles. The van der Waals surface area contributed by atoms with Gasteiger partial charge in [0, 0.05) is 13.1 Å². The van der Waals surface area contributed by atoms with Gasteiger partial charge >= 0.3 is 11.9 Å². The van der Waals surface area contributed by atoms with Crippen molar-refractivity contribution in [1.29, 1.82) is 0 Å². The van der Waals surface area contributed by atoms with Gasteiger partial charge in [-0.3, -0.25) is 9.13 Å². The van der Waals surface area contributed by atoms with Crippen molar-refractivity contribution in [1.82, 2.24) is 9.13 Å². The smallest absolute Gasteiger partial charge is 0.416 e. The summed E-state index contributed by atoms with van der Waals surface area (Å²) in [6, 6.07) is 14.3. The number of phenolic OH excluding ortho intramolecular Hbond substituents is 1. The third kappa shape index (κ3) is 3.94. The number of nitrogens with zero attached hydrogens (tertiary/aromatic N) is 3. The molecule has 1 aliphatic rings. The molecule has 35 heavy (non-hydrogen) atoms. The van der Waals surface area contributed by atoms with Crippen LogP contribution in [0.5, 0.6) is 5.75 Å². The van der Waals surface area contributed by atoms with Gasteiger partial charge in [-0.1, -0.05) is 36.4 Å². The monoisotopic (exact) mass is 485 g/mol. The van der Waals surface area contributed by atoms with E-state index in [4.69, 9.17) is 0 Å². The third-order valence-corrected chi connectivity index (χ3v) is 6.64. The molecule has 1 saturated heterocycles. The van der Waals surface area contributed by atoms with E-state index in [9.17, 15) is 27.5 Å². The van der Waals surface area contributed by atoms with E-state index in [1.165, 1.54) is 39.5 Å². The standard InChI is InChI=1S/C26H23F4N3O2/c1-16-6-4-9-20(27)23(16)31-13-12-18(15-31)33-21-10-5-11-22(34)24(21)32(25(33)35)14-17-7-2-3-8-19(17)26(28,29)30/h2-11,18,34H,12-15H2,1H3/t18-/m1/s1. The summed E-state index contributed by atoms with van der Waals surface area (Å²) in [4.78, 5) is 15.5. The topological polar surface area (TPSA) is 50.4 Å². The van der Waals surface area contributed by atoms with E-state index in [2.05, 4.69) is 0 Å². The summed E-state index contributed by atoms with van der Waals surface area (Å²) in [6.07, 6.45) is -4.04. The van der Waals surface area contributed by atoms with Crippen LogP contribution in [-0.2, 0) is 12.7 Å². The van der Waals surface area contributed by atoms with Gasteiger partial charge in [0.2, 0.25) is 0 Å². The molecule has 5 rings (SSSR count). The molecule has 182 valence electrons. The first-order valence-corrected chi connectivity index (χ1v) is 11.2. The molecule has 0 saturated carbocycles. The summed E-state index contributed by atoms with van der Waals surface area (Å²) in [5.41, 5.74) is 0.447. The zero-order valence-corrected chi connectivity index (χ0v) is 18.9. The first-order valence-electron chi connectivity index (χ1n) is 11.2. The van der Waals surface area contributed by atoms with Crippen LogP contribution in [-0.4, -0.2) is 27.3 Å². The number of halogens is 4. The van der Waals surface area contributed by atoms with E-state index in [-0.39, 0.29) is 35.2 Å². The average molecular weight is 485 g/mol. The molecule has 0 unspecified atom stereocenters. The van der Waals surface area contributed by atoms with Crippen molar-refractivity contribution in [2.45, 2.75) is 32.1 Å². The second-order valence-electron chi connectivity index (χ2n) is 8.83. The fourth-order valence-corrected chi connectivity index (χ4v) is 5.10. The molecule has 0 radical (unpaired) electrons. The first-order chi connectivity index (χ1) is 16.7. The van der Waals surface area contributed by atoms with Crippen LogP contribution >= 0.6 is 0 Å². The van der Waals surface area contributed by atoms with E-state index in [1.807, 2.05) is 17.9 Å². The summed E-state index contributed by atoms with van der Waals surface area (Å²) in [6.45, 7) is 2.34. The van der Waals surface area contributed by atoms with Gasteiger partial charge in [0.05, 0.1) is 29.4 Å². The van der Waals surface area contributed by atoms with Crippen LogP contribution in [0.25, 0.3) is 11.0 Å². The molecule has 1 atom stereocenters. The molecule has 0 bridgehead atoms. The molecule has 0 amide bonds. The number of imidazole rings is 1. The van der Waals surface area contributed by atoms with Crippen LogP contribution in [0.4, 0.5) is 23.2 Å². The zero-order valence-electron chi connectivity index (χ0n) is 18.9. The number of fused-ring (bicyclic) bond motifs is 1. The van der Waals surface area contributed by atoms with E-state index >= 15 is 0 Å². The van der Waals surface area contributed by atoms with Crippen LogP contribution in [0.2, 0.25) is 0 Å². The number of anilines is 1. The Labute approximate surface area is 198 Å². The number of aromatic hydroxyl groups is 1. The average Bonchev–Trinajstić information content (AvgIpc) is 3.37. The first kappa shape index (κ1) is 23.0. The fraction of sp³-hybridized carbons (Fsp3) is 0.269. The van der Waals surface area contributed by atoms with Crippen LogP contribution in [0.3, 0.4) is 0 Å². The lowest BCUT2D eigenvalue weighted by molar-refractivity contribution is -0.138. The number of para-hydroxylation sites is 2. The molecule has 9 heteroatoms. The molecular weight excluding hydrogens is 462 g/mol. The minimum atomic E-state index is -4.58. The van der Waals surface area contributed by atoms with Crippen molar-refractivity contribution in [2.24, 2.45) is 0 Å². The van der Waals surface area contributed by atoms with E-state index in [0.717, 1.165) is 11.6 Å². The predicted molar refractivity (Wildman–Crippen MR) is 125 cm³/mol. The molecule has 4 aromatic rings. The Hall–Kier alpha value is -3.75. The summed E-state index contributed by atoms with van der Waals surface area (Å²) < 4.78 is 58.0. The van der Waals surface area contributed by atoms with Crippen molar-refractivity contribution >= 4 is 16.7 Å². The van der Waals surface area contributed by atoms with Gasteiger partial charge in [0.15, 0.2) is 0 Å². The maximum atomic E-state index is 14.6. The van der Waals surface area contributed by atoms with Gasteiger partial charge < -0.3 is 10.0 Å². The summed E-state index contributed by atoms with van der Waals surface area (Å²) in [5.74, 6) is -0.538. The molecule has 1 fully saturated rings. The molecule has 1 aromatic heterocycles.